The summed E-state index contributed by atoms with van der Waals surface area (Å²) in [5.74, 6) is 1.52. The molecular weight excluding hydrogens is 196 g/mol. The molecule has 0 aromatic rings. The van der Waals surface area contributed by atoms with Gasteiger partial charge in [0, 0.05) is 25.9 Å². The second-order valence-electron chi connectivity index (χ2n) is 4.41. The number of hydrogen-bond donors (Lipinski definition) is 0. The summed E-state index contributed by atoms with van der Waals surface area (Å²) in [5.41, 5.74) is 3.78. The van der Waals surface area contributed by atoms with Crippen LogP contribution in [0.5, 0.6) is 0 Å². The van der Waals surface area contributed by atoms with Crippen LogP contribution in [0.15, 0.2) is 40.6 Å². The number of amidine groups is 1. The number of rotatable bonds is 3. The quantitative estimate of drug-likeness (QED) is 0.709. The minimum atomic E-state index is 0.482. The van der Waals surface area contributed by atoms with Crippen molar-refractivity contribution in [2.24, 2.45) is 10.9 Å². The summed E-state index contributed by atoms with van der Waals surface area (Å²) >= 11 is 0. The molecule has 0 aromatic heterocycles. The third-order valence-corrected chi connectivity index (χ3v) is 2.93. The summed E-state index contributed by atoms with van der Waals surface area (Å²) in [5, 5.41) is 0. The van der Waals surface area contributed by atoms with E-state index in [1.807, 2.05) is 14.1 Å². The first-order chi connectivity index (χ1) is 7.52. The Morgan fingerprint density at radius 2 is 2.12 bits per heavy atom. The third kappa shape index (κ3) is 2.26. The van der Waals surface area contributed by atoms with Crippen LogP contribution in [0.25, 0.3) is 0 Å². The Bertz CT molecular complexity index is 370. The maximum atomic E-state index is 4.35. The minimum Gasteiger partial charge on any atom is -0.336 e. The lowest BCUT2D eigenvalue weighted by atomic mass is 9.89. The molecule has 0 amide bonds. The first-order valence-electron chi connectivity index (χ1n) is 5.83. The average Bonchev–Trinajstić information content (AvgIpc) is 2.59. The highest BCUT2D eigenvalue weighted by atomic mass is 15.2. The lowest BCUT2D eigenvalue weighted by Gasteiger charge is -2.18. The van der Waals surface area contributed by atoms with Crippen LogP contribution in [-0.4, -0.2) is 24.8 Å². The van der Waals surface area contributed by atoms with Gasteiger partial charge in [0.2, 0.25) is 0 Å². The van der Waals surface area contributed by atoms with E-state index in [1.54, 1.807) is 0 Å². The normalized spacial score (nSPS) is 21.1. The summed E-state index contributed by atoms with van der Waals surface area (Å²) < 4.78 is 0. The molecule has 2 nitrogen and oxygen atoms in total. The van der Waals surface area contributed by atoms with Crippen molar-refractivity contribution in [3.8, 4) is 0 Å². The van der Waals surface area contributed by atoms with Crippen molar-refractivity contribution in [1.82, 2.24) is 4.90 Å². The highest BCUT2D eigenvalue weighted by Crippen LogP contribution is 2.29. The molecule has 0 aromatic carbocycles. The molecule has 0 spiro atoms. The van der Waals surface area contributed by atoms with Gasteiger partial charge in [-0.25, -0.2) is 0 Å². The Kier molecular flexibility index (Phi) is 4.11. The van der Waals surface area contributed by atoms with Gasteiger partial charge in [-0.2, -0.15) is 0 Å². The van der Waals surface area contributed by atoms with E-state index >= 15 is 0 Å². The first-order valence-corrected chi connectivity index (χ1v) is 5.83. The second-order valence-corrected chi connectivity index (χ2v) is 4.41. The maximum absolute atomic E-state index is 4.35. The van der Waals surface area contributed by atoms with E-state index in [1.165, 1.54) is 16.7 Å². The van der Waals surface area contributed by atoms with E-state index in [2.05, 4.69) is 49.5 Å². The van der Waals surface area contributed by atoms with E-state index in [-0.39, 0.29) is 0 Å². The molecule has 16 heavy (non-hydrogen) atoms. The molecule has 0 atom stereocenters. The zero-order valence-electron chi connectivity index (χ0n) is 11.0. The largest absolute Gasteiger partial charge is 0.336 e. The molecule has 0 saturated carbocycles. The molecule has 88 valence electrons. The molecule has 1 aliphatic rings. The summed E-state index contributed by atoms with van der Waals surface area (Å²) in [7, 11) is 3.87. The number of aliphatic imine (C=N–C) groups is 1. The highest BCUT2D eigenvalue weighted by Gasteiger charge is 2.21. The smallest absolute Gasteiger partial charge is 0.134 e. The van der Waals surface area contributed by atoms with Gasteiger partial charge < -0.3 is 4.90 Å². The molecule has 0 radical (unpaired) electrons. The SMILES string of the molecule is C=C(CC)/C(=C1/C=CN(C)/C1=N/C)C(C)C. The van der Waals surface area contributed by atoms with Crippen LogP contribution in [0.3, 0.4) is 0 Å². The third-order valence-electron chi connectivity index (χ3n) is 2.93. The fourth-order valence-electron chi connectivity index (χ4n) is 2.11. The van der Waals surface area contributed by atoms with E-state index < -0.39 is 0 Å². The Morgan fingerprint density at radius 3 is 2.56 bits per heavy atom. The van der Waals surface area contributed by atoms with Crippen LogP contribution in [-0.2, 0) is 0 Å². The molecule has 0 fully saturated rings. The van der Waals surface area contributed by atoms with Crippen LogP contribution >= 0.6 is 0 Å². The molecule has 0 saturated heterocycles. The van der Waals surface area contributed by atoms with Gasteiger partial charge >= 0.3 is 0 Å². The average molecular weight is 218 g/mol. The van der Waals surface area contributed by atoms with Crippen molar-refractivity contribution in [3.05, 3.63) is 35.6 Å². The van der Waals surface area contributed by atoms with E-state index in [4.69, 9.17) is 0 Å². The van der Waals surface area contributed by atoms with E-state index in [0.29, 0.717) is 5.92 Å². The van der Waals surface area contributed by atoms with Gasteiger partial charge in [-0.05, 0) is 24.0 Å². The van der Waals surface area contributed by atoms with Crippen LogP contribution in [0.1, 0.15) is 27.2 Å². The monoisotopic (exact) mass is 218 g/mol. The van der Waals surface area contributed by atoms with Crippen molar-refractivity contribution in [2.75, 3.05) is 14.1 Å². The molecule has 0 N–H and O–H groups in total. The molecule has 1 aliphatic heterocycles. The van der Waals surface area contributed by atoms with Gasteiger partial charge in [-0.15, -0.1) is 0 Å². The Labute approximate surface area is 99.1 Å². The van der Waals surface area contributed by atoms with Gasteiger partial charge in [-0.3, -0.25) is 4.99 Å². The second kappa shape index (κ2) is 5.15. The molecule has 0 aliphatic carbocycles. The predicted octanol–water partition coefficient (Wildman–Crippen LogP) is 3.39. The Balaban J connectivity index is 3.28. The number of hydrogen-bond acceptors (Lipinski definition) is 1. The van der Waals surface area contributed by atoms with Crippen molar-refractivity contribution < 1.29 is 0 Å². The molecule has 0 bridgehead atoms. The standard InChI is InChI=1S/C14H22N2/c1-7-11(4)13(10(2)3)12-8-9-16(6)14(12)15-5/h8-10H,4,7H2,1-3,5-6H3/b13-12-,15-14+. The van der Waals surface area contributed by atoms with Crippen molar-refractivity contribution >= 4 is 5.84 Å². The Morgan fingerprint density at radius 1 is 1.50 bits per heavy atom. The summed E-state index contributed by atoms with van der Waals surface area (Å²) in [6.45, 7) is 10.7. The minimum absolute atomic E-state index is 0.482. The predicted molar refractivity (Wildman–Crippen MR) is 71.6 cm³/mol. The molecule has 2 heteroatoms. The highest BCUT2D eigenvalue weighted by molar-refractivity contribution is 6.04. The Hall–Kier alpha value is -1.31. The fourth-order valence-corrected chi connectivity index (χ4v) is 2.11. The summed E-state index contributed by atoms with van der Waals surface area (Å²) in [4.78, 5) is 6.41. The van der Waals surface area contributed by atoms with E-state index in [0.717, 1.165) is 12.3 Å². The van der Waals surface area contributed by atoms with Crippen LogP contribution < -0.4 is 0 Å². The topological polar surface area (TPSA) is 15.6 Å². The van der Waals surface area contributed by atoms with Crippen molar-refractivity contribution in [1.29, 1.82) is 0 Å². The lowest BCUT2D eigenvalue weighted by molar-refractivity contribution is 0.700. The zero-order chi connectivity index (χ0) is 12.3. The van der Waals surface area contributed by atoms with Crippen LogP contribution in [0.2, 0.25) is 0 Å². The van der Waals surface area contributed by atoms with Gasteiger partial charge in [0.25, 0.3) is 0 Å². The first kappa shape index (κ1) is 12.8. The molecular formula is C14H22N2. The van der Waals surface area contributed by atoms with Gasteiger partial charge in [-0.1, -0.05) is 32.9 Å². The van der Waals surface area contributed by atoms with Gasteiger partial charge in [0.05, 0.1) is 0 Å². The van der Waals surface area contributed by atoms with E-state index in [9.17, 15) is 0 Å². The maximum Gasteiger partial charge on any atom is 0.134 e. The molecule has 1 heterocycles. The lowest BCUT2D eigenvalue weighted by Crippen LogP contribution is -2.19. The number of allylic oxidation sites excluding steroid dienone is 2. The summed E-state index contributed by atoms with van der Waals surface area (Å²) in [6, 6.07) is 0. The van der Waals surface area contributed by atoms with Crippen molar-refractivity contribution in [2.45, 2.75) is 27.2 Å². The van der Waals surface area contributed by atoms with Crippen LogP contribution in [0.4, 0.5) is 0 Å². The van der Waals surface area contributed by atoms with Gasteiger partial charge in [0.1, 0.15) is 5.84 Å². The van der Waals surface area contributed by atoms with Crippen LogP contribution in [0, 0.1) is 5.92 Å². The fraction of sp³-hybridized carbons (Fsp3) is 0.500. The molecule has 1 rings (SSSR count). The summed E-state index contributed by atoms with van der Waals surface area (Å²) in [6.07, 6.45) is 5.19. The molecule has 0 unspecified atom stereocenters. The zero-order valence-corrected chi connectivity index (χ0v) is 11.0. The van der Waals surface area contributed by atoms with Gasteiger partial charge in [0.15, 0.2) is 0 Å². The number of likely N-dealkylation sites (N-methyl/N-ethyl adjacent to an activating group) is 1. The number of nitrogens with zero attached hydrogens (tertiary/aromatic N) is 2. The van der Waals surface area contributed by atoms with Crippen molar-refractivity contribution in [3.63, 3.8) is 0 Å².